The highest BCUT2D eigenvalue weighted by molar-refractivity contribution is 6.17. The molecule has 1 aromatic carbocycles. The molecule has 0 saturated carbocycles. The summed E-state index contributed by atoms with van der Waals surface area (Å²) in [6, 6.07) is 3.21. The average Bonchev–Trinajstić information content (AvgIpc) is 2.25. The van der Waals surface area contributed by atoms with E-state index in [-0.39, 0.29) is 18.5 Å². The Labute approximate surface area is 115 Å². The Kier molecular flexibility index (Phi) is 3.33. The third kappa shape index (κ3) is 2.54. The van der Waals surface area contributed by atoms with E-state index >= 15 is 0 Å². The number of amides is 2. The van der Waals surface area contributed by atoms with Gasteiger partial charge in [-0.05, 0) is 23.6 Å². The first kappa shape index (κ1) is 14.2. The van der Waals surface area contributed by atoms with Gasteiger partial charge in [0.25, 0.3) is 0 Å². The molecule has 6 heteroatoms. The van der Waals surface area contributed by atoms with E-state index in [0.29, 0.717) is 0 Å². The van der Waals surface area contributed by atoms with Crippen molar-refractivity contribution in [3.8, 4) is 0 Å². The summed E-state index contributed by atoms with van der Waals surface area (Å²) in [5, 5.41) is 8.75. The van der Waals surface area contributed by atoms with Gasteiger partial charge in [0, 0.05) is 12.8 Å². The van der Waals surface area contributed by atoms with Gasteiger partial charge in [-0.15, -0.1) is 0 Å². The second kappa shape index (κ2) is 4.70. The lowest BCUT2D eigenvalue weighted by atomic mass is 9.81. The summed E-state index contributed by atoms with van der Waals surface area (Å²) >= 11 is 0. The van der Waals surface area contributed by atoms with E-state index in [0.717, 1.165) is 17.0 Å². The molecule has 0 atom stereocenters. The fourth-order valence-electron chi connectivity index (χ4n) is 2.28. The van der Waals surface area contributed by atoms with Crippen LogP contribution >= 0.6 is 0 Å². The molecule has 0 unspecified atom stereocenters. The average molecular weight is 279 g/mol. The standard InChI is InChI=1S/C14H14FNO4/c1-14(2)6-11(17)16(12(18)7-14)8-3-4-9(13(19)20)10(15)5-8/h3-5H,6-7H2,1-2H3,(H,19,20). The fourth-order valence-corrected chi connectivity index (χ4v) is 2.28. The van der Waals surface area contributed by atoms with Crippen LogP contribution in [0.1, 0.15) is 37.0 Å². The van der Waals surface area contributed by atoms with Gasteiger partial charge in [-0.1, -0.05) is 13.8 Å². The van der Waals surface area contributed by atoms with Crippen molar-refractivity contribution in [2.75, 3.05) is 4.90 Å². The Morgan fingerprint density at radius 2 is 1.80 bits per heavy atom. The number of aromatic carboxylic acids is 1. The number of rotatable bonds is 2. The van der Waals surface area contributed by atoms with E-state index in [1.807, 2.05) is 13.8 Å². The molecule has 5 nitrogen and oxygen atoms in total. The third-order valence-corrected chi connectivity index (χ3v) is 3.20. The molecule has 1 aromatic rings. The molecular formula is C14H14FNO4. The molecule has 1 fully saturated rings. The Morgan fingerprint density at radius 3 is 2.25 bits per heavy atom. The number of hydrogen-bond donors (Lipinski definition) is 1. The predicted molar refractivity (Wildman–Crippen MR) is 68.9 cm³/mol. The summed E-state index contributed by atoms with van der Waals surface area (Å²) in [6.07, 6.45) is 0.363. The summed E-state index contributed by atoms with van der Waals surface area (Å²) in [6.45, 7) is 3.63. The highest BCUT2D eigenvalue weighted by atomic mass is 19.1. The smallest absolute Gasteiger partial charge is 0.338 e. The van der Waals surface area contributed by atoms with Crippen LogP contribution in [0.25, 0.3) is 0 Å². The summed E-state index contributed by atoms with van der Waals surface area (Å²) in [5.41, 5.74) is -0.839. The van der Waals surface area contributed by atoms with Crippen molar-refractivity contribution in [1.29, 1.82) is 0 Å². The molecule has 2 amide bonds. The van der Waals surface area contributed by atoms with E-state index in [2.05, 4.69) is 0 Å². The Morgan fingerprint density at radius 1 is 1.25 bits per heavy atom. The van der Waals surface area contributed by atoms with Gasteiger partial charge in [0.15, 0.2) is 0 Å². The largest absolute Gasteiger partial charge is 0.478 e. The molecule has 0 aromatic heterocycles. The first-order valence-electron chi connectivity index (χ1n) is 6.10. The molecule has 0 aliphatic carbocycles. The van der Waals surface area contributed by atoms with Crippen LogP contribution in [0.4, 0.5) is 10.1 Å². The van der Waals surface area contributed by atoms with Crippen molar-refractivity contribution in [2.24, 2.45) is 5.41 Å². The summed E-state index contributed by atoms with van der Waals surface area (Å²) in [5.74, 6) is -3.19. The number of carboxylic acid groups (broad SMARTS) is 1. The van der Waals surface area contributed by atoms with Crippen molar-refractivity contribution in [1.82, 2.24) is 0 Å². The number of carbonyl (C=O) groups is 3. The lowest BCUT2D eigenvalue weighted by Crippen LogP contribution is -2.46. The topological polar surface area (TPSA) is 74.7 Å². The van der Waals surface area contributed by atoms with Crippen LogP contribution in [-0.2, 0) is 9.59 Å². The maximum Gasteiger partial charge on any atom is 0.338 e. The van der Waals surface area contributed by atoms with Gasteiger partial charge in [-0.3, -0.25) is 14.5 Å². The van der Waals surface area contributed by atoms with Gasteiger partial charge < -0.3 is 5.11 Å². The van der Waals surface area contributed by atoms with Gasteiger partial charge in [-0.2, -0.15) is 0 Å². The molecule has 1 N–H and O–H groups in total. The molecule has 0 bridgehead atoms. The molecule has 1 heterocycles. The van der Waals surface area contributed by atoms with E-state index in [1.54, 1.807) is 0 Å². The maximum atomic E-state index is 13.6. The summed E-state index contributed by atoms with van der Waals surface area (Å²) < 4.78 is 13.6. The Hall–Kier alpha value is -2.24. The normalized spacial score (nSPS) is 18.2. The van der Waals surface area contributed by atoms with Gasteiger partial charge in [-0.25, -0.2) is 9.18 Å². The first-order chi connectivity index (χ1) is 9.21. The zero-order valence-corrected chi connectivity index (χ0v) is 11.1. The first-order valence-corrected chi connectivity index (χ1v) is 6.10. The van der Waals surface area contributed by atoms with Crippen LogP contribution in [-0.4, -0.2) is 22.9 Å². The molecule has 2 rings (SSSR count). The minimum atomic E-state index is -1.40. The summed E-state index contributed by atoms with van der Waals surface area (Å²) in [4.78, 5) is 35.7. The number of halogens is 1. The lowest BCUT2D eigenvalue weighted by Gasteiger charge is -2.34. The third-order valence-electron chi connectivity index (χ3n) is 3.20. The number of piperidine rings is 1. The number of carbonyl (C=O) groups excluding carboxylic acids is 2. The molecule has 0 radical (unpaired) electrons. The minimum Gasteiger partial charge on any atom is -0.478 e. The van der Waals surface area contributed by atoms with Crippen LogP contribution in [0.15, 0.2) is 18.2 Å². The van der Waals surface area contributed by atoms with Crippen molar-refractivity contribution in [2.45, 2.75) is 26.7 Å². The second-order valence-electron chi connectivity index (χ2n) is 5.61. The quantitative estimate of drug-likeness (QED) is 0.842. The number of carboxylic acids is 1. The predicted octanol–water partition coefficient (Wildman–Crippen LogP) is 2.20. The summed E-state index contributed by atoms with van der Waals surface area (Å²) in [7, 11) is 0. The van der Waals surface area contributed by atoms with Crippen molar-refractivity contribution in [3.05, 3.63) is 29.6 Å². The van der Waals surface area contributed by atoms with E-state index in [1.165, 1.54) is 6.07 Å². The molecule has 1 saturated heterocycles. The highest BCUT2D eigenvalue weighted by Crippen LogP contribution is 2.34. The van der Waals surface area contributed by atoms with Crippen molar-refractivity contribution in [3.63, 3.8) is 0 Å². The molecule has 1 aliphatic heterocycles. The SMILES string of the molecule is CC1(C)CC(=O)N(c2ccc(C(=O)O)c(F)c2)C(=O)C1. The van der Waals surface area contributed by atoms with E-state index in [4.69, 9.17) is 5.11 Å². The highest BCUT2D eigenvalue weighted by Gasteiger charge is 2.38. The zero-order valence-electron chi connectivity index (χ0n) is 11.1. The van der Waals surface area contributed by atoms with Crippen molar-refractivity contribution >= 4 is 23.5 Å². The second-order valence-corrected chi connectivity index (χ2v) is 5.61. The Bertz CT molecular complexity index is 589. The zero-order chi connectivity index (χ0) is 15.1. The van der Waals surface area contributed by atoms with E-state index in [9.17, 15) is 18.8 Å². The molecule has 106 valence electrons. The van der Waals surface area contributed by atoms with Crippen LogP contribution in [0.3, 0.4) is 0 Å². The Balaban J connectivity index is 2.37. The van der Waals surface area contributed by atoms with E-state index < -0.39 is 34.6 Å². The number of benzene rings is 1. The fraction of sp³-hybridized carbons (Fsp3) is 0.357. The maximum absolute atomic E-state index is 13.6. The monoisotopic (exact) mass is 279 g/mol. The van der Waals surface area contributed by atoms with Crippen LogP contribution < -0.4 is 4.90 Å². The number of anilines is 1. The molecule has 20 heavy (non-hydrogen) atoms. The number of nitrogens with zero attached hydrogens (tertiary/aromatic N) is 1. The van der Waals surface area contributed by atoms with Gasteiger partial charge in [0.2, 0.25) is 11.8 Å². The minimum absolute atomic E-state index is 0.0676. The lowest BCUT2D eigenvalue weighted by molar-refractivity contribution is -0.132. The van der Waals surface area contributed by atoms with Gasteiger partial charge >= 0.3 is 5.97 Å². The molecular weight excluding hydrogens is 265 g/mol. The number of hydrogen-bond acceptors (Lipinski definition) is 3. The van der Waals surface area contributed by atoms with Crippen molar-refractivity contribution < 1.29 is 23.9 Å². The van der Waals surface area contributed by atoms with Gasteiger partial charge in [0.1, 0.15) is 5.82 Å². The number of imide groups is 1. The van der Waals surface area contributed by atoms with Crippen LogP contribution in [0.5, 0.6) is 0 Å². The van der Waals surface area contributed by atoms with Gasteiger partial charge in [0.05, 0.1) is 11.3 Å². The van der Waals surface area contributed by atoms with Crippen LogP contribution in [0, 0.1) is 11.2 Å². The van der Waals surface area contributed by atoms with Crippen LogP contribution in [0.2, 0.25) is 0 Å². The molecule has 0 spiro atoms. The molecule has 1 aliphatic rings.